The lowest BCUT2D eigenvalue weighted by Crippen LogP contribution is -2.19. The zero-order chi connectivity index (χ0) is 14.8. The maximum Gasteiger partial charge on any atom is 0.324 e. The first-order chi connectivity index (χ1) is 9.34. The van der Waals surface area contributed by atoms with E-state index in [4.69, 9.17) is 4.52 Å². The molecule has 0 spiro atoms. The van der Waals surface area contributed by atoms with Gasteiger partial charge >= 0.3 is 6.03 Å². The van der Waals surface area contributed by atoms with Crippen LogP contribution in [0.15, 0.2) is 28.9 Å². The molecule has 2 aromatic heterocycles. The number of hydrogen-bond acceptors (Lipinski definition) is 4. The van der Waals surface area contributed by atoms with E-state index in [0.29, 0.717) is 17.3 Å². The lowest BCUT2D eigenvalue weighted by atomic mass is 9.93. The highest BCUT2D eigenvalue weighted by Gasteiger charge is 2.20. The minimum atomic E-state index is -0.374. The Bertz CT molecular complexity index is 619. The molecule has 0 saturated carbocycles. The van der Waals surface area contributed by atoms with Crippen LogP contribution in [0.3, 0.4) is 0 Å². The third-order valence-electron chi connectivity index (χ3n) is 2.48. The summed E-state index contributed by atoms with van der Waals surface area (Å²) in [7, 11) is 0. The highest BCUT2D eigenvalue weighted by atomic mass is 127. The number of nitrogens with one attached hydrogen (secondary N) is 2. The number of carbonyl (C=O) groups excluding carboxylic acids is 1. The van der Waals surface area contributed by atoms with Crippen LogP contribution < -0.4 is 10.6 Å². The van der Waals surface area contributed by atoms with Gasteiger partial charge in [0.05, 0.1) is 0 Å². The second kappa shape index (κ2) is 5.78. The second-order valence-electron chi connectivity index (χ2n) is 5.27. The molecule has 20 heavy (non-hydrogen) atoms. The molecule has 0 radical (unpaired) electrons. The van der Waals surface area contributed by atoms with Gasteiger partial charge in [0.1, 0.15) is 9.46 Å². The lowest BCUT2D eigenvalue weighted by Gasteiger charge is -2.12. The van der Waals surface area contributed by atoms with Crippen molar-refractivity contribution in [3.05, 3.63) is 33.9 Å². The number of amides is 2. The van der Waals surface area contributed by atoms with Crippen molar-refractivity contribution in [1.29, 1.82) is 0 Å². The molecule has 0 aliphatic rings. The zero-order valence-corrected chi connectivity index (χ0v) is 13.6. The van der Waals surface area contributed by atoms with Crippen molar-refractivity contribution in [3.63, 3.8) is 0 Å². The maximum atomic E-state index is 11.8. The summed E-state index contributed by atoms with van der Waals surface area (Å²) >= 11 is 2.08. The predicted octanol–water partition coefficient (Wildman–Crippen LogP) is 3.62. The summed E-state index contributed by atoms with van der Waals surface area (Å²) in [6.07, 6.45) is 1.63. The number of halogens is 1. The monoisotopic (exact) mass is 386 g/mol. The third kappa shape index (κ3) is 3.92. The minimum Gasteiger partial charge on any atom is -0.359 e. The lowest BCUT2D eigenvalue weighted by molar-refractivity contribution is 0.262. The number of rotatable bonds is 2. The number of carbonyl (C=O) groups is 1. The molecule has 0 fully saturated rings. The van der Waals surface area contributed by atoms with Gasteiger partial charge in [-0.25, -0.2) is 4.79 Å². The molecule has 2 heterocycles. The quantitative estimate of drug-likeness (QED) is 0.611. The molecule has 7 heteroatoms. The molecule has 0 unspecified atom stereocenters. The first kappa shape index (κ1) is 14.8. The van der Waals surface area contributed by atoms with E-state index in [1.807, 2.05) is 20.8 Å². The van der Waals surface area contributed by atoms with Gasteiger partial charge in [0, 0.05) is 23.4 Å². The van der Waals surface area contributed by atoms with Crippen LogP contribution in [0.4, 0.5) is 16.3 Å². The highest BCUT2D eigenvalue weighted by Crippen LogP contribution is 2.24. The van der Waals surface area contributed by atoms with E-state index < -0.39 is 0 Å². The molecule has 2 rings (SSSR count). The van der Waals surface area contributed by atoms with E-state index in [2.05, 4.69) is 43.4 Å². The average Bonchev–Trinajstić information content (AvgIpc) is 2.76. The molecule has 0 saturated heterocycles. The Morgan fingerprint density at radius 1 is 1.30 bits per heavy atom. The first-order valence-corrected chi connectivity index (χ1v) is 7.09. The largest absolute Gasteiger partial charge is 0.359 e. The van der Waals surface area contributed by atoms with Crippen molar-refractivity contribution in [3.8, 4) is 0 Å². The van der Waals surface area contributed by atoms with Gasteiger partial charge in [-0.3, -0.25) is 10.3 Å². The summed E-state index contributed by atoms with van der Waals surface area (Å²) in [5, 5.41) is 9.15. The molecule has 2 aromatic rings. The number of anilines is 2. The molecule has 2 N–H and O–H groups in total. The summed E-state index contributed by atoms with van der Waals surface area (Å²) in [5.41, 5.74) is 0.520. The molecule has 106 valence electrons. The number of urea groups is 1. The Balaban J connectivity index is 2.00. The summed E-state index contributed by atoms with van der Waals surface area (Å²) in [5.74, 6) is 1.10. The Hall–Kier alpha value is -1.64. The predicted molar refractivity (Wildman–Crippen MR) is 84.8 cm³/mol. The fraction of sp³-hybridized carbons (Fsp3) is 0.308. The SMILES string of the molecule is CC(C)(C)c1cc(NC(=O)Nc2ccnc(I)c2)no1. The van der Waals surface area contributed by atoms with Gasteiger partial charge in [0.15, 0.2) is 5.82 Å². The van der Waals surface area contributed by atoms with Gasteiger partial charge < -0.3 is 9.84 Å². The Morgan fingerprint density at radius 2 is 2.05 bits per heavy atom. The van der Waals surface area contributed by atoms with Gasteiger partial charge in [-0.1, -0.05) is 25.9 Å². The van der Waals surface area contributed by atoms with Crippen LogP contribution in [-0.4, -0.2) is 16.2 Å². The van der Waals surface area contributed by atoms with Crippen LogP contribution in [0.2, 0.25) is 0 Å². The number of nitrogens with zero attached hydrogens (tertiary/aromatic N) is 2. The zero-order valence-electron chi connectivity index (χ0n) is 11.4. The maximum absolute atomic E-state index is 11.8. The molecule has 0 aliphatic heterocycles. The average molecular weight is 386 g/mol. The smallest absolute Gasteiger partial charge is 0.324 e. The van der Waals surface area contributed by atoms with Gasteiger partial charge in [-0.15, -0.1) is 0 Å². The normalized spacial score (nSPS) is 11.2. The van der Waals surface area contributed by atoms with E-state index in [1.165, 1.54) is 0 Å². The van der Waals surface area contributed by atoms with Crippen molar-refractivity contribution >= 4 is 40.1 Å². The van der Waals surface area contributed by atoms with Gasteiger partial charge in [-0.05, 0) is 34.7 Å². The molecule has 0 aliphatic carbocycles. The van der Waals surface area contributed by atoms with E-state index in [9.17, 15) is 4.79 Å². The minimum absolute atomic E-state index is 0.148. The van der Waals surface area contributed by atoms with E-state index in [-0.39, 0.29) is 11.4 Å². The molecule has 0 atom stereocenters. The molecule has 0 bridgehead atoms. The van der Waals surface area contributed by atoms with Crippen LogP contribution in [0.5, 0.6) is 0 Å². The molecular weight excluding hydrogens is 371 g/mol. The van der Waals surface area contributed by atoms with Crippen LogP contribution >= 0.6 is 22.6 Å². The molecular formula is C13H15IN4O2. The highest BCUT2D eigenvalue weighted by molar-refractivity contribution is 14.1. The Morgan fingerprint density at radius 3 is 2.65 bits per heavy atom. The standard InChI is InChI=1S/C13H15IN4O2/c1-13(2,3)9-7-11(18-20-9)17-12(19)16-8-4-5-15-10(14)6-8/h4-7H,1-3H3,(H2,15,16,17,18,19). The fourth-order valence-corrected chi connectivity index (χ4v) is 1.94. The van der Waals surface area contributed by atoms with Gasteiger partial charge in [0.2, 0.25) is 0 Å². The molecule has 2 amide bonds. The summed E-state index contributed by atoms with van der Waals surface area (Å²) in [6, 6.07) is 4.82. The van der Waals surface area contributed by atoms with Crippen molar-refractivity contribution in [2.45, 2.75) is 26.2 Å². The summed E-state index contributed by atoms with van der Waals surface area (Å²) in [4.78, 5) is 15.9. The number of pyridine rings is 1. The van der Waals surface area contributed by atoms with Crippen LogP contribution in [0, 0.1) is 3.70 Å². The Kier molecular flexibility index (Phi) is 4.26. The Labute approximate surface area is 130 Å². The van der Waals surface area contributed by atoms with Crippen molar-refractivity contribution < 1.29 is 9.32 Å². The number of aromatic nitrogens is 2. The third-order valence-corrected chi connectivity index (χ3v) is 3.07. The van der Waals surface area contributed by atoms with Gasteiger partial charge in [0.25, 0.3) is 0 Å². The van der Waals surface area contributed by atoms with E-state index >= 15 is 0 Å². The molecule has 0 aromatic carbocycles. The fourth-order valence-electron chi connectivity index (χ4n) is 1.45. The second-order valence-corrected chi connectivity index (χ2v) is 6.38. The van der Waals surface area contributed by atoms with Crippen molar-refractivity contribution in [2.75, 3.05) is 10.6 Å². The van der Waals surface area contributed by atoms with Crippen molar-refractivity contribution in [1.82, 2.24) is 10.1 Å². The van der Waals surface area contributed by atoms with Gasteiger partial charge in [-0.2, -0.15) is 0 Å². The van der Waals surface area contributed by atoms with E-state index in [1.54, 1.807) is 24.4 Å². The van der Waals surface area contributed by atoms with Crippen LogP contribution in [0.1, 0.15) is 26.5 Å². The summed E-state index contributed by atoms with van der Waals surface area (Å²) < 4.78 is 6.00. The number of hydrogen-bond donors (Lipinski definition) is 2. The van der Waals surface area contributed by atoms with Crippen molar-refractivity contribution in [2.24, 2.45) is 0 Å². The van der Waals surface area contributed by atoms with E-state index in [0.717, 1.165) is 3.70 Å². The first-order valence-electron chi connectivity index (χ1n) is 6.01. The van der Waals surface area contributed by atoms with Crippen LogP contribution in [-0.2, 0) is 5.41 Å². The molecule has 6 nitrogen and oxygen atoms in total. The topological polar surface area (TPSA) is 80.0 Å². The summed E-state index contributed by atoms with van der Waals surface area (Å²) in [6.45, 7) is 6.03. The van der Waals surface area contributed by atoms with Crippen LogP contribution in [0.25, 0.3) is 0 Å².